The van der Waals surface area contributed by atoms with Gasteiger partial charge in [0.25, 0.3) is 0 Å². The molecule has 29 heavy (non-hydrogen) atoms. The van der Waals surface area contributed by atoms with Crippen molar-refractivity contribution in [3.05, 3.63) is 90.0 Å². The fourth-order valence-electron chi connectivity index (χ4n) is 4.90. The lowest BCUT2D eigenvalue weighted by Gasteiger charge is -2.30. The van der Waals surface area contributed by atoms with Gasteiger partial charge in [0.2, 0.25) is 0 Å². The first-order chi connectivity index (χ1) is 13.8. The molecule has 0 radical (unpaired) electrons. The molecule has 0 aliphatic heterocycles. The zero-order chi connectivity index (χ0) is 20.4. The standard InChI is InChI=1S/C28H28S/c1-28(2)24-14-10-9-13-21(24)27-23-18-22(19-11-7-6-8-12-19)26(29(3,4)5)17-20(23)15-16-25(27)28/h6-18H,1-5H3. The summed E-state index contributed by atoms with van der Waals surface area (Å²) < 4.78 is 0. The van der Waals surface area contributed by atoms with Gasteiger partial charge in [-0.1, -0.05) is 80.6 Å². The number of benzene rings is 4. The van der Waals surface area contributed by atoms with Crippen molar-refractivity contribution in [3.8, 4) is 22.3 Å². The first kappa shape index (κ1) is 18.5. The van der Waals surface area contributed by atoms with Gasteiger partial charge < -0.3 is 0 Å². The number of fused-ring (bicyclic) bond motifs is 5. The van der Waals surface area contributed by atoms with Gasteiger partial charge in [-0.05, 0) is 79.9 Å². The van der Waals surface area contributed by atoms with E-state index >= 15 is 0 Å². The third-order valence-corrected chi connectivity index (χ3v) is 8.06. The average molecular weight is 397 g/mol. The second-order valence-electron chi connectivity index (χ2n) is 9.43. The molecule has 4 aromatic rings. The van der Waals surface area contributed by atoms with E-state index in [0.717, 1.165) is 0 Å². The summed E-state index contributed by atoms with van der Waals surface area (Å²) >= 11 is 0. The zero-order valence-electron chi connectivity index (χ0n) is 17.9. The minimum atomic E-state index is -0.871. The number of rotatable bonds is 2. The molecule has 0 saturated heterocycles. The molecule has 5 rings (SSSR count). The average Bonchev–Trinajstić information content (AvgIpc) is 2.95. The number of hydrogen-bond acceptors (Lipinski definition) is 0. The Morgan fingerprint density at radius 2 is 1.34 bits per heavy atom. The molecule has 1 aliphatic carbocycles. The van der Waals surface area contributed by atoms with Crippen LogP contribution in [0, 0.1) is 0 Å². The molecule has 0 nitrogen and oxygen atoms in total. The molecule has 146 valence electrons. The molecule has 1 heteroatoms. The first-order valence-corrected chi connectivity index (χ1v) is 13.1. The van der Waals surface area contributed by atoms with Crippen molar-refractivity contribution in [1.82, 2.24) is 0 Å². The lowest BCUT2D eigenvalue weighted by Crippen LogP contribution is -2.14. The van der Waals surface area contributed by atoms with E-state index in [2.05, 4.69) is 111 Å². The predicted molar refractivity (Wildman–Crippen MR) is 131 cm³/mol. The molecular weight excluding hydrogens is 368 g/mol. The van der Waals surface area contributed by atoms with E-state index in [9.17, 15) is 0 Å². The van der Waals surface area contributed by atoms with Crippen LogP contribution >= 0.6 is 10.0 Å². The normalized spacial score (nSPS) is 15.2. The smallest absolute Gasteiger partial charge is 0.0159 e. The Kier molecular flexibility index (Phi) is 3.98. The third-order valence-electron chi connectivity index (χ3n) is 6.41. The Morgan fingerprint density at radius 1 is 0.655 bits per heavy atom. The Morgan fingerprint density at radius 3 is 2.07 bits per heavy atom. The summed E-state index contributed by atoms with van der Waals surface area (Å²) in [6, 6.07) is 29.5. The van der Waals surface area contributed by atoms with Crippen molar-refractivity contribution in [2.75, 3.05) is 18.8 Å². The summed E-state index contributed by atoms with van der Waals surface area (Å²) in [6.45, 7) is 4.71. The van der Waals surface area contributed by atoms with Gasteiger partial charge in [-0.3, -0.25) is 0 Å². The Hall–Kier alpha value is -2.51. The van der Waals surface area contributed by atoms with Crippen LogP contribution in [0.25, 0.3) is 33.0 Å². The molecule has 0 unspecified atom stereocenters. The van der Waals surface area contributed by atoms with E-state index < -0.39 is 10.0 Å². The van der Waals surface area contributed by atoms with E-state index in [1.807, 2.05) is 0 Å². The van der Waals surface area contributed by atoms with Gasteiger partial charge in [-0.15, -0.1) is 0 Å². The van der Waals surface area contributed by atoms with E-state index in [1.165, 1.54) is 49.0 Å². The third kappa shape index (κ3) is 2.75. The summed E-state index contributed by atoms with van der Waals surface area (Å²) in [5, 5.41) is 2.74. The molecule has 1 aliphatic rings. The lowest BCUT2D eigenvalue weighted by molar-refractivity contribution is 0.661. The summed E-state index contributed by atoms with van der Waals surface area (Å²) in [6.07, 6.45) is 7.19. The highest BCUT2D eigenvalue weighted by Gasteiger charge is 2.36. The Labute approximate surface area is 175 Å². The van der Waals surface area contributed by atoms with Gasteiger partial charge in [0, 0.05) is 5.41 Å². The van der Waals surface area contributed by atoms with Gasteiger partial charge in [-0.25, -0.2) is 10.0 Å². The molecule has 0 heterocycles. The van der Waals surface area contributed by atoms with E-state index in [0.29, 0.717) is 0 Å². The highest BCUT2D eigenvalue weighted by molar-refractivity contribution is 8.32. The lowest BCUT2D eigenvalue weighted by atomic mass is 9.82. The summed E-state index contributed by atoms with van der Waals surface area (Å²) in [7, 11) is -0.871. The maximum Gasteiger partial charge on any atom is 0.0159 e. The molecule has 0 aromatic heterocycles. The van der Waals surface area contributed by atoms with Crippen LogP contribution in [0.1, 0.15) is 25.0 Å². The molecule has 0 saturated carbocycles. The summed E-state index contributed by atoms with van der Waals surface area (Å²) in [4.78, 5) is 1.49. The second-order valence-corrected chi connectivity index (χ2v) is 13.5. The minimum Gasteiger partial charge on any atom is -0.223 e. The van der Waals surface area contributed by atoms with Crippen molar-refractivity contribution < 1.29 is 0 Å². The fraction of sp³-hybridized carbons (Fsp3) is 0.214. The van der Waals surface area contributed by atoms with Crippen LogP contribution in [0.5, 0.6) is 0 Å². The van der Waals surface area contributed by atoms with Gasteiger partial charge in [-0.2, -0.15) is 0 Å². The van der Waals surface area contributed by atoms with E-state index in [4.69, 9.17) is 0 Å². The molecule has 0 amide bonds. The van der Waals surface area contributed by atoms with Crippen LogP contribution in [0.2, 0.25) is 0 Å². The van der Waals surface area contributed by atoms with Gasteiger partial charge in [0.1, 0.15) is 0 Å². The zero-order valence-corrected chi connectivity index (χ0v) is 18.7. The van der Waals surface area contributed by atoms with Crippen molar-refractivity contribution in [1.29, 1.82) is 0 Å². The Bertz CT molecular complexity index is 1240. The van der Waals surface area contributed by atoms with Crippen LogP contribution < -0.4 is 0 Å². The van der Waals surface area contributed by atoms with Crippen LogP contribution in [0.15, 0.2) is 83.8 Å². The van der Waals surface area contributed by atoms with Crippen molar-refractivity contribution in [2.24, 2.45) is 0 Å². The van der Waals surface area contributed by atoms with Crippen LogP contribution in [0.4, 0.5) is 0 Å². The highest BCUT2D eigenvalue weighted by atomic mass is 32.3. The van der Waals surface area contributed by atoms with Gasteiger partial charge >= 0.3 is 0 Å². The molecule has 0 fully saturated rings. The van der Waals surface area contributed by atoms with E-state index in [-0.39, 0.29) is 5.41 Å². The Balaban J connectivity index is 1.91. The molecule has 0 atom stereocenters. The first-order valence-electron chi connectivity index (χ1n) is 10.2. The van der Waals surface area contributed by atoms with Crippen LogP contribution in [-0.2, 0) is 5.41 Å². The molecule has 0 bridgehead atoms. The van der Waals surface area contributed by atoms with Crippen molar-refractivity contribution >= 4 is 20.8 Å². The molecule has 0 N–H and O–H groups in total. The number of hydrogen-bond donors (Lipinski definition) is 0. The maximum absolute atomic E-state index is 2.47. The maximum atomic E-state index is 2.47. The summed E-state index contributed by atoms with van der Waals surface area (Å²) in [5.74, 6) is 0. The molecular formula is C28H28S. The van der Waals surface area contributed by atoms with E-state index in [1.54, 1.807) is 0 Å². The van der Waals surface area contributed by atoms with Crippen LogP contribution in [0.3, 0.4) is 0 Å². The topological polar surface area (TPSA) is 0 Å². The summed E-state index contributed by atoms with van der Waals surface area (Å²) in [5.41, 5.74) is 8.45. The monoisotopic (exact) mass is 396 g/mol. The quantitative estimate of drug-likeness (QED) is 0.323. The van der Waals surface area contributed by atoms with Gasteiger partial charge in [0.05, 0.1) is 0 Å². The van der Waals surface area contributed by atoms with Gasteiger partial charge in [0.15, 0.2) is 0 Å². The molecule has 4 aromatic carbocycles. The minimum absolute atomic E-state index is 0.0426. The second kappa shape index (κ2) is 6.24. The fourth-order valence-corrected chi connectivity index (χ4v) is 6.22. The van der Waals surface area contributed by atoms with Crippen molar-refractivity contribution in [3.63, 3.8) is 0 Å². The molecule has 0 spiro atoms. The van der Waals surface area contributed by atoms with Crippen LogP contribution in [-0.4, -0.2) is 18.8 Å². The SMILES string of the molecule is CC1(C)c2ccccc2-c2c1ccc1cc(S(C)(C)C)c(-c3ccccc3)cc21. The largest absolute Gasteiger partial charge is 0.223 e. The predicted octanol–water partition coefficient (Wildman–Crippen LogP) is 7.87. The highest BCUT2D eigenvalue weighted by Crippen LogP contribution is 2.55. The van der Waals surface area contributed by atoms with Crippen molar-refractivity contribution in [2.45, 2.75) is 24.2 Å².